The van der Waals surface area contributed by atoms with Crippen LogP contribution in [0.2, 0.25) is 0 Å². The molecule has 0 amide bonds. The highest BCUT2D eigenvalue weighted by molar-refractivity contribution is 5.91. The molecule has 0 saturated heterocycles. The molecule has 0 bridgehead atoms. The molecule has 1 aromatic carbocycles. The summed E-state index contributed by atoms with van der Waals surface area (Å²) in [6.07, 6.45) is 2.33. The van der Waals surface area contributed by atoms with Gasteiger partial charge in [-0.1, -0.05) is 19.1 Å². The van der Waals surface area contributed by atoms with Gasteiger partial charge in [-0.25, -0.2) is 4.79 Å². The molecule has 1 rings (SSSR count). The van der Waals surface area contributed by atoms with Crippen LogP contribution >= 0.6 is 0 Å². The van der Waals surface area contributed by atoms with Crippen molar-refractivity contribution in [3.8, 4) is 5.75 Å². The highest BCUT2D eigenvalue weighted by Crippen LogP contribution is 2.13. The van der Waals surface area contributed by atoms with E-state index in [0.29, 0.717) is 6.61 Å². The van der Waals surface area contributed by atoms with Crippen molar-refractivity contribution in [2.24, 2.45) is 0 Å². The Hall–Kier alpha value is -1.97. The smallest absolute Gasteiger partial charge is 0.373 e. The number of aromatic hydroxyl groups is 1. The lowest BCUT2D eigenvalue weighted by molar-refractivity contribution is -0.142. The first-order valence-corrected chi connectivity index (χ1v) is 5.39. The topological polar surface area (TPSA) is 55.8 Å². The predicted molar refractivity (Wildman–Crippen MR) is 64.3 cm³/mol. The lowest BCUT2D eigenvalue weighted by Gasteiger charge is -2.06. The predicted octanol–water partition coefficient (Wildman–Crippen LogP) is 2.33. The molecule has 0 radical (unpaired) electrons. The number of phenolic OH excluding ortho intramolecular Hbond substituents is 1. The normalized spacial score (nSPS) is 11.1. The molecule has 17 heavy (non-hydrogen) atoms. The zero-order valence-electron chi connectivity index (χ0n) is 9.97. The van der Waals surface area contributed by atoms with Gasteiger partial charge < -0.3 is 14.6 Å². The van der Waals surface area contributed by atoms with Gasteiger partial charge in [-0.3, -0.25) is 0 Å². The first kappa shape index (κ1) is 13.1. The number of benzene rings is 1. The molecule has 92 valence electrons. The maximum absolute atomic E-state index is 11.5. The van der Waals surface area contributed by atoms with Crippen molar-refractivity contribution in [3.05, 3.63) is 35.6 Å². The van der Waals surface area contributed by atoms with Crippen LogP contribution in [0.4, 0.5) is 0 Å². The number of esters is 1. The second-order valence-electron chi connectivity index (χ2n) is 3.44. The minimum Gasteiger partial charge on any atom is -0.508 e. The van der Waals surface area contributed by atoms with Gasteiger partial charge in [0.1, 0.15) is 5.75 Å². The fourth-order valence-corrected chi connectivity index (χ4v) is 1.19. The summed E-state index contributed by atoms with van der Waals surface area (Å²) >= 11 is 0. The molecule has 4 heteroatoms. The van der Waals surface area contributed by atoms with Gasteiger partial charge in [0, 0.05) is 0 Å². The second kappa shape index (κ2) is 6.58. The summed E-state index contributed by atoms with van der Waals surface area (Å²) in [4.78, 5) is 11.5. The first-order valence-electron chi connectivity index (χ1n) is 5.39. The van der Waals surface area contributed by atoms with E-state index in [2.05, 4.69) is 0 Å². The Morgan fingerprint density at radius 3 is 2.53 bits per heavy atom. The Bertz CT molecular complexity index is 392. The molecule has 0 atom stereocenters. The summed E-state index contributed by atoms with van der Waals surface area (Å²) in [5.41, 5.74) is 0.757. The van der Waals surface area contributed by atoms with E-state index in [9.17, 15) is 4.79 Å². The molecule has 0 heterocycles. The second-order valence-corrected chi connectivity index (χ2v) is 3.44. The van der Waals surface area contributed by atoms with Crippen LogP contribution in [0, 0.1) is 0 Å². The van der Waals surface area contributed by atoms with Crippen LogP contribution in [-0.4, -0.2) is 24.8 Å². The largest absolute Gasteiger partial charge is 0.508 e. The number of methoxy groups -OCH3 is 1. The van der Waals surface area contributed by atoms with Crippen molar-refractivity contribution in [2.45, 2.75) is 13.3 Å². The molecule has 0 aliphatic carbocycles. The summed E-state index contributed by atoms with van der Waals surface area (Å²) in [7, 11) is 1.42. The molecule has 0 spiro atoms. The minimum absolute atomic E-state index is 0.143. The first-order chi connectivity index (χ1) is 8.17. The zero-order chi connectivity index (χ0) is 12.7. The molecular weight excluding hydrogens is 220 g/mol. The van der Waals surface area contributed by atoms with E-state index >= 15 is 0 Å². The molecule has 0 saturated carbocycles. The van der Waals surface area contributed by atoms with Crippen molar-refractivity contribution in [1.29, 1.82) is 0 Å². The third-order valence-corrected chi connectivity index (χ3v) is 2.05. The summed E-state index contributed by atoms with van der Waals surface area (Å²) in [6, 6.07) is 6.44. The van der Waals surface area contributed by atoms with Crippen molar-refractivity contribution < 1.29 is 19.4 Å². The lowest BCUT2D eigenvalue weighted by atomic mass is 10.2. The van der Waals surface area contributed by atoms with Gasteiger partial charge in [-0.05, 0) is 30.2 Å². The zero-order valence-corrected chi connectivity index (χ0v) is 9.97. The molecule has 0 unspecified atom stereocenters. The highest BCUT2D eigenvalue weighted by atomic mass is 16.6. The maximum atomic E-state index is 11.5. The van der Waals surface area contributed by atoms with Gasteiger partial charge in [-0.2, -0.15) is 0 Å². The average Bonchev–Trinajstić information content (AvgIpc) is 2.35. The van der Waals surface area contributed by atoms with Gasteiger partial charge in [0.25, 0.3) is 0 Å². The summed E-state index contributed by atoms with van der Waals surface area (Å²) in [5, 5.41) is 9.13. The van der Waals surface area contributed by atoms with Crippen LogP contribution in [-0.2, 0) is 14.3 Å². The van der Waals surface area contributed by atoms with E-state index in [1.165, 1.54) is 19.2 Å². The van der Waals surface area contributed by atoms with E-state index in [4.69, 9.17) is 14.6 Å². The van der Waals surface area contributed by atoms with Crippen LogP contribution in [0.15, 0.2) is 30.0 Å². The third kappa shape index (κ3) is 4.18. The van der Waals surface area contributed by atoms with E-state index in [1.807, 2.05) is 6.92 Å². The fraction of sp³-hybridized carbons (Fsp3) is 0.308. The van der Waals surface area contributed by atoms with Gasteiger partial charge >= 0.3 is 5.97 Å². The number of hydrogen-bond acceptors (Lipinski definition) is 4. The Morgan fingerprint density at radius 1 is 1.35 bits per heavy atom. The maximum Gasteiger partial charge on any atom is 0.373 e. The number of carbonyl (C=O) groups excluding carboxylic acids is 1. The fourth-order valence-electron chi connectivity index (χ4n) is 1.19. The van der Waals surface area contributed by atoms with Crippen LogP contribution < -0.4 is 0 Å². The van der Waals surface area contributed by atoms with Crippen molar-refractivity contribution in [1.82, 2.24) is 0 Å². The SMILES string of the molecule is CCCOC(=O)C(=Cc1ccc(O)cc1)OC. The Morgan fingerprint density at radius 2 is 2.00 bits per heavy atom. The Balaban J connectivity index is 2.78. The molecule has 4 nitrogen and oxygen atoms in total. The molecule has 1 aromatic rings. The summed E-state index contributed by atoms with van der Waals surface area (Å²) < 4.78 is 9.93. The standard InChI is InChI=1S/C13H16O4/c1-3-8-17-13(15)12(16-2)9-10-4-6-11(14)7-5-10/h4-7,9,14H,3,8H2,1-2H3. The van der Waals surface area contributed by atoms with Crippen molar-refractivity contribution >= 4 is 12.0 Å². The van der Waals surface area contributed by atoms with E-state index in [1.54, 1.807) is 18.2 Å². The van der Waals surface area contributed by atoms with E-state index < -0.39 is 5.97 Å². The number of phenols is 1. The quantitative estimate of drug-likeness (QED) is 0.484. The number of hydrogen-bond donors (Lipinski definition) is 1. The van der Waals surface area contributed by atoms with Crippen LogP contribution in [0.1, 0.15) is 18.9 Å². The molecule has 0 aliphatic heterocycles. The van der Waals surface area contributed by atoms with Gasteiger partial charge in [0.05, 0.1) is 13.7 Å². The molecule has 0 aliphatic rings. The van der Waals surface area contributed by atoms with Crippen LogP contribution in [0.25, 0.3) is 6.08 Å². The Kier molecular flexibility index (Phi) is 5.07. The number of ether oxygens (including phenoxy) is 2. The van der Waals surface area contributed by atoms with Gasteiger partial charge in [0.2, 0.25) is 5.76 Å². The summed E-state index contributed by atoms with van der Waals surface area (Å²) in [5.74, 6) is -0.166. The minimum atomic E-state index is -0.484. The van der Waals surface area contributed by atoms with Crippen LogP contribution in [0.3, 0.4) is 0 Å². The molecule has 1 N–H and O–H groups in total. The van der Waals surface area contributed by atoms with Crippen molar-refractivity contribution in [2.75, 3.05) is 13.7 Å². The number of rotatable bonds is 5. The van der Waals surface area contributed by atoms with Crippen molar-refractivity contribution in [3.63, 3.8) is 0 Å². The third-order valence-electron chi connectivity index (χ3n) is 2.05. The number of carbonyl (C=O) groups is 1. The Labute approximate surface area is 100 Å². The molecule has 0 aromatic heterocycles. The van der Waals surface area contributed by atoms with E-state index in [-0.39, 0.29) is 11.5 Å². The monoisotopic (exact) mass is 236 g/mol. The average molecular weight is 236 g/mol. The van der Waals surface area contributed by atoms with Crippen LogP contribution in [0.5, 0.6) is 5.75 Å². The summed E-state index contributed by atoms with van der Waals surface area (Å²) in [6.45, 7) is 2.29. The molecular formula is C13H16O4. The van der Waals surface area contributed by atoms with Gasteiger partial charge in [-0.15, -0.1) is 0 Å². The van der Waals surface area contributed by atoms with E-state index in [0.717, 1.165) is 12.0 Å². The highest BCUT2D eigenvalue weighted by Gasteiger charge is 2.10. The lowest BCUT2D eigenvalue weighted by Crippen LogP contribution is -2.09. The van der Waals surface area contributed by atoms with Gasteiger partial charge in [0.15, 0.2) is 0 Å². The molecule has 0 fully saturated rings.